The standard InChI is InChI=1S/C12H18NO9P/c14-9(11(16)10(15)6-22-23(19,20)21)5-13-8-4-2-1-3-7(8)12(17)18/h1-4,9-11,13-16H,5-6H2,(H,17,18)(H2,19,20,21)/p-3. The minimum absolute atomic E-state index is 0.119. The first kappa shape index (κ1) is 19.5. The maximum atomic E-state index is 10.9. The van der Waals surface area contributed by atoms with Gasteiger partial charge in [-0.25, -0.2) is 0 Å². The van der Waals surface area contributed by atoms with E-state index in [1.54, 1.807) is 0 Å². The summed E-state index contributed by atoms with van der Waals surface area (Å²) in [5.41, 5.74) is -0.0511. The number of phosphoric ester groups is 1. The zero-order valence-corrected chi connectivity index (χ0v) is 12.6. The van der Waals surface area contributed by atoms with Crippen molar-refractivity contribution in [1.29, 1.82) is 0 Å². The topological polar surface area (TPSA) is 185 Å². The molecule has 0 bridgehead atoms. The van der Waals surface area contributed by atoms with Gasteiger partial charge in [0.05, 0.1) is 26.5 Å². The molecule has 0 saturated heterocycles. The van der Waals surface area contributed by atoms with E-state index in [2.05, 4.69) is 9.84 Å². The van der Waals surface area contributed by atoms with E-state index in [0.717, 1.165) is 0 Å². The summed E-state index contributed by atoms with van der Waals surface area (Å²) in [5.74, 6) is -1.45. The molecular formula is C12H15NO9P-3. The molecular weight excluding hydrogens is 333 g/mol. The summed E-state index contributed by atoms with van der Waals surface area (Å²) >= 11 is 0. The Morgan fingerprint density at radius 1 is 1.22 bits per heavy atom. The number of para-hydroxylation sites is 1. The molecule has 3 unspecified atom stereocenters. The minimum atomic E-state index is -5.31. The van der Waals surface area contributed by atoms with E-state index < -0.39 is 38.7 Å². The number of rotatable bonds is 9. The number of nitrogens with one attached hydrogen (secondary N) is 1. The Kier molecular flexibility index (Phi) is 7.10. The summed E-state index contributed by atoms with van der Waals surface area (Å²) in [6.45, 7) is -1.38. The van der Waals surface area contributed by atoms with Gasteiger partial charge in [-0.2, -0.15) is 0 Å². The van der Waals surface area contributed by atoms with E-state index in [-0.39, 0.29) is 17.8 Å². The van der Waals surface area contributed by atoms with Crippen molar-refractivity contribution in [3.63, 3.8) is 0 Å². The summed E-state index contributed by atoms with van der Waals surface area (Å²) in [6.07, 6.45) is -5.26. The van der Waals surface area contributed by atoms with E-state index in [1.165, 1.54) is 24.3 Å². The SMILES string of the molecule is O=C([O-])c1ccccc1NCC(O)C(O)C(O)COP(=O)([O-])[O-]. The van der Waals surface area contributed by atoms with Crippen molar-refractivity contribution in [3.05, 3.63) is 29.8 Å². The molecule has 0 spiro atoms. The number of benzene rings is 1. The third-order valence-electron chi connectivity index (χ3n) is 2.84. The van der Waals surface area contributed by atoms with Gasteiger partial charge in [-0.3, -0.25) is 0 Å². The van der Waals surface area contributed by atoms with Crippen molar-refractivity contribution < 1.29 is 44.1 Å². The molecule has 130 valence electrons. The van der Waals surface area contributed by atoms with Gasteiger partial charge < -0.3 is 49.4 Å². The van der Waals surface area contributed by atoms with E-state index >= 15 is 0 Å². The van der Waals surface area contributed by atoms with E-state index in [9.17, 15) is 39.6 Å². The zero-order valence-electron chi connectivity index (χ0n) is 11.7. The van der Waals surface area contributed by atoms with Gasteiger partial charge >= 0.3 is 0 Å². The van der Waals surface area contributed by atoms with Gasteiger partial charge in [0.25, 0.3) is 0 Å². The van der Waals surface area contributed by atoms with Crippen molar-refractivity contribution in [1.82, 2.24) is 0 Å². The number of aromatic carboxylic acids is 1. The van der Waals surface area contributed by atoms with Crippen molar-refractivity contribution in [2.75, 3.05) is 18.5 Å². The minimum Gasteiger partial charge on any atom is -0.790 e. The second kappa shape index (κ2) is 8.37. The summed E-state index contributed by atoms with van der Waals surface area (Å²) in [5, 5.41) is 42.1. The third kappa shape index (κ3) is 6.63. The maximum absolute atomic E-state index is 10.9. The highest BCUT2D eigenvalue weighted by Crippen LogP contribution is 2.25. The third-order valence-corrected chi connectivity index (χ3v) is 3.31. The lowest BCUT2D eigenvalue weighted by Gasteiger charge is -2.31. The second-order valence-corrected chi connectivity index (χ2v) is 5.73. The molecule has 4 N–H and O–H groups in total. The Bertz CT molecular complexity index is 575. The molecule has 0 amide bonds. The molecule has 11 heteroatoms. The van der Waals surface area contributed by atoms with Crippen LogP contribution in [0.5, 0.6) is 0 Å². The van der Waals surface area contributed by atoms with Crippen LogP contribution in [0.25, 0.3) is 0 Å². The highest BCUT2D eigenvalue weighted by atomic mass is 31.2. The number of anilines is 1. The van der Waals surface area contributed by atoms with Crippen LogP contribution >= 0.6 is 7.82 Å². The number of aliphatic hydroxyl groups is 3. The van der Waals surface area contributed by atoms with Crippen LogP contribution < -0.4 is 20.2 Å². The fraction of sp³-hybridized carbons (Fsp3) is 0.417. The summed E-state index contributed by atoms with van der Waals surface area (Å²) < 4.78 is 14.1. The molecule has 1 rings (SSSR count). The monoisotopic (exact) mass is 348 g/mol. The number of aliphatic hydroxyl groups excluding tert-OH is 3. The van der Waals surface area contributed by atoms with Gasteiger partial charge in [0, 0.05) is 17.8 Å². The van der Waals surface area contributed by atoms with Gasteiger partial charge in [0.15, 0.2) is 0 Å². The highest BCUT2D eigenvalue weighted by Gasteiger charge is 2.25. The Morgan fingerprint density at radius 2 is 1.83 bits per heavy atom. The first-order chi connectivity index (χ1) is 10.6. The number of hydrogen-bond donors (Lipinski definition) is 4. The predicted molar refractivity (Wildman–Crippen MR) is 70.8 cm³/mol. The summed E-state index contributed by atoms with van der Waals surface area (Å²) in [6, 6.07) is 5.66. The fourth-order valence-electron chi connectivity index (χ4n) is 1.67. The molecule has 0 aliphatic rings. The number of carboxylic acids is 1. The van der Waals surface area contributed by atoms with Crippen LogP contribution in [0.1, 0.15) is 10.4 Å². The Hall–Kier alpha value is -1.52. The fourth-order valence-corrected chi connectivity index (χ4v) is 2.01. The van der Waals surface area contributed by atoms with Crippen molar-refractivity contribution >= 4 is 19.5 Å². The normalized spacial score (nSPS) is 15.7. The average molecular weight is 348 g/mol. The van der Waals surface area contributed by atoms with Crippen molar-refractivity contribution in [2.24, 2.45) is 0 Å². The van der Waals surface area contributed by atoms with Crippen LogP contribution in [0.4, 0.5) is 5.69 Å². The number of carbonyl (C=O) groups excluding carboxylic acids is 1. The van der Waals surface area contributed by atoms with E-state index in [4.69, 9.17) is 0 Å². The van der Waals surface area contributed by atoms with Gasteiger partial charge in [-0.05, 0) is 6.07 Å². The van der Waals surface area contributed by atoms with Crippen LogP contribution in [-0.2, 0) is 9.09 Å². The molecule has 1 aromatic carbocycles. The molecule has 0 fully saturated rings. The largest absolute Gasteiger partial charge is 0.790 e. The van der Waals surface area contributed by atoms with Crippen LogP contribution in [0.15, 0.2) is 24.3 Å². The van der Waals surface area contributed by atoms with Gasteiger partial charge in [-0.1, -0.05) is 18.2 Å². The van der Waals surface area contributed by atoms with Crippen LogP contribution in [-0.4, -0.2) is 52.8 Å². The van der Waals surface area contributed by atoms with E-state index in [0.29, 0.717) is 0 Å². The van der Waals surface area contributed by atoms with Gasteiger partial charge in [0.2, 0.25) is 0 Å². The van der Waals surface area contributed by atoms with Crippen LogP contribution in [0.2, 0.25) is 0 Å². The predicted octanol–water partition coefficient (Wildman–Crippen LogP) is -3.61. The molecule has 23 heavy (non-hydrogen) atoms. The smallest absolute Gasteiger partial charge is 0.110 e. The first-order valence-corrected chi connectivity index (χ1v) is 7.83. The van der Waals surface area contributed by atoms with E-state index in [1.807, 2.05) is 0 Å². The van der Waals surface area contributed by atoms with Gasteiger partial charge in [0.1, 0.15) is 12.2 Å². The maximum Gasteiger partial charge on any atom is 0.110 e. The van der Waals surface area contributed by atoms with Crippen LogP contribution in [0, 0.1) is 0 Å². The molecule has 1 aromatic rings. The second-order valence-electron chi connectivity index (χ2n) is 4.58. The molecule has 3 atom stereocenters. The highest BCUT2D eigenvalue weighted by molar-refractivity contribution is 7.43. The quantitative estimate of drug-likeness (QED) is 0.325. The first-order valence-electron chi connectivity index (χ1n) is 6.37. The lowest BCUT2D eigenvalue weighted by Crippen LogP contribution is -2.43. The Balaban J connectivity index is 2.57. The zero-order chi connectivity index (χ0) is 17.6. The summed E-state index contributed by atoms with van der Waals surface area (Å²) in [7, 11) is -5.31. The molecule has 0 aromatic heterocycles. The van der Waals surface area contributed by atoms with Crippen molar-refractivity contribution in [2.45, 2.75) is 18.3 Å². The Morgan fingerprint density at radius 3 is 2.39 bits per heavy atom. The summed E-state index contributed by atoms with van der Waals surface area (Å²) in [4.78, 5) is 31.4. The Labute approximate surface area is 131 Å². The molecule has 10 nitrogen and oxygen atoms in total. The van der Waals surface area contributed by atoms with Crippen molar-refractivity contribution in [3.8, 4) is 0 Å². The van der Waals surface area contributed by atoms with Crippen LogP contribution in [0.3, 0.4) is 0 Å². The number of hydrogen-bond acceptors (Lipinski definition) is 10. The molecule has 0 heterocycles. The average Bonchev–Trinajstić information content (AvgIpc) is 2.48. The lowest BCUT2D eigenvalue weighted by atomic mass is 10.1. The number of carboxylic acid groups (broad SMARTS) is 1. The number of carbonyl (C=O) groups is 1. The van der Waals surface area contributed by atoms with Gasteiger partial charge in [-0.15, -0.1) is 0 Å². The molecule has 0 aliphatic heterocycles. The number of phosphoric acid groups is 1. The lowest BCUT2D eigenvalue weighted by molar-refractivity contribution is -0.343. The molecule has 0 radical (unpaired) electrons. The molecule has 0 aliphatic carbocycles. The molecule has 0 saturated carbocycles.